The van der Waals surface area contributed by atoms with E-state index in [4.69, 9.17) is 0 Å². The van der Waals surface area contributed by atoms with Crippen LogP contribution in [0.2, 0.25) is 0 Å². The average Bonchev–Trinajstić information content (AvgIpc) is 3.24. The molecule has 0 aromatic rings. The molecular weight excluding hydrogens is 260 g/mol. The van der Waals surface area contributed by atoms with Gasteiger partial charge in [-0.3, -0.25) is 4.79 Å². The fourth-order valence-electron chi connectivity index (χ4n) is 2.93. The van der Waals surface area contributed by atoms with E-state index >= 15 is 0 Å². The molecule has 0 amide bonds. The minimum atomic E-state index is -0.0679. The fourth-order valence-corrected chi connectivity index (χ4v) is 2.93. The summed E-state index contributed by atoms with van der Waals surface area (Å²) >= 11 is 0. The molecule has 21 heavy (non-hydrogen) atoms. The number of carbonyl (C=O) groups excluding carboxylic acids is 1. The minimum Gasteiger partial charge on any atom is -0.469 e. The SMILES string of the molecule is CCCCCCCC1=C(CCCCCCCC(=O)OC)C1. The molecule has 0 fully saturated rings. The van der Waals surface area contributed by atoms with Gasteiger partial charge in [-0.25, -0.2) is 0 Å². The molecule has 0 heterocycles. The van der Waals surface area contributed by atoms with Crippen molar-refractivity contribution in [3.8, 4) is 0 Å². The summed E-state index contributed by atoms with van der Waals surface area (Å²) in [5.74, 6) is -0.0679. The zero-order valence-electron chi connectivity index (χ0n) is 14.2. The van der Waals surface area contributed by atoms with Crippen molar-refractivity contribution in [1.82, 2.24) is 0 Å². The summed E-state index contributed by atoms with van der Waals surface area (Å²) in [6.07, 6.45) is 17.7. The third-order valence-electron chi connectivity index (χ3n) is 4.47. The molecule has 1 aliphatic carbocycles. The molecular formula is C19H34O2. The lowest BCUT2D eigenvalue weighted by molar-refractivity contribution is -0.140. The van der Waals surface area contributed by atoms with Gasteiger partial charge in [0.25, 0.3) is 0 Å². The molecule has 0 aliphatic heterocycles. The van der Waals surface area contributed by atoms with Gasteiger partial charge in [0.15, 0.2) is 0 Å². The molecule has 0 saturated heterocycles. The average molecular weight is 294 g/mol. The van der Waals surface area contributed by atoms with E-state index in [0.29, 0.717) is 6.42 Å². The van der Waals surface area contributed by atoms with Gasteiger partial charge < -0.3 is 4.74 Å². The van der Waals surface area contributed by atoms with Gasteiger partial charge in [-0.2, -0.15) is 0 Å². The summed E-state index contributed by atoms with van der Waals surface area (Å²) in [6, 6.07) is 0. The standard InChI is InChI=1S/C19H34O2/c1-3-4-5-7-10-13-17-16-18(17)14-11-8-6-9-12-15-19(20)21-2/h3-16H2,1-2H3. The van der Waals surface area contributed by atoms with Gasteiger partial charge >= 0.3 is 5.97 Å². The van der Waals surface area contributed by atoms with E-state index < -0.39 is 0 Å². The van der Waals surface area contributed by atoms with E-state index in [1.165, 1.54) is 84.2 Å². The number of allylic oxidation sites excluding steroid dienone is 2. The first-order valence-electron chi connectivity index (χ1n) is 9.04. The van der Waals surface area contributed by atoms with Crippen LogP contribution in [0.5, 0.6) is 0 Å². The van der Waals surface area contributed by atoms with Gasteiger partial charge in [0.2, 0.25) is 0 Å². The Hall–Kier alpha value is -0.790. The number of ether oxygens (including phenoxy) is 1. The Morgan fingerprint density at radius 1 is 0.857 bits per heavy atom. The van der Waals surface area contributed by atoms with Gasteiger partial charge in [0, 0.05) is 6.42 Å². The second-order valence-corrected chi connectivity index (χ2v) is 6.39. The highest BCUT2D eigenvalue weighted by atomic mass is 16.5. The molecule has 1 rings (SSSR count). The summed E-state index contributed by atoms with van der Waals surface area (Å²) < 4.78 is 4.64. The second kappa shape index (κ2) is 11.8. The lowest BCUT2D eigenvalue weighted by atomic mass is 10.1. The molecule has 2 heteroatoms. The monoisotopic (exact) mass is 294 g/mol. The Labute approximate surface area is 131 Å². The van der Waals surface area contributed by atoms with E-state index in [2.05, 4.69) is 11.7 Å². The predicted octanol–water partition coefficient (Wildman–Crippen LogP) is 5.95. The molecule has 0 aromatic heterocycles. The van der Waals surface area contributed by atoms with Crippen molar-refractivity contribution in [2.24, 2.45) is 0 Å². The molecule has 0 radical (unpaired) electrons. The summed E-state index contributed by atoms with van der Waals surface area (Å²) in [4.78, 5) is 11.0. The normalized spacial score (nSPS) is 13.6. The van der Waals surface area contributed by atoms with E-state index in [-0.39, 0.29) is 5.97 Å². The van der Waals surface area contributed by atoms with Crippen LogP contribution < -0.4 is 0 Å². The maximum atomic E-state index is 11.0. The zero-order valence-corrected chi connectivity index (χ0v) is 14.2. The van der Waals surface area contributed by atoms with Gasteiger partial charge in [-0.15, -0.1) is 0 Å². The third kappa shape index (κ3) is 9.71. The highest BCUT2D eigenvalue weighted by molar-refractivity contribution is 5.68. The molecule has 0 unspecified atom stereocenters. The molecule has 0 spiro atoms. The Bertz CT molecular complexity index is 318. The van der Waals surface area contributed by atoms with Crippen molar-refractivity contribution in [1.29, 1.82) is 0 Å². The van der Waals surface area contributed by atoms with Crippen LogP contribution >= 0.6 is 0 Å². The van der Waals surface area contributed by atoms with Crippen LogP contribution in [-0.4, -0.2) is 13.1 Å². The van der Waals surface area contributed by atoms with Crippen molar-refractivity contribution < 1.29 is 9.53 Å². The summed E-state index contributed by atoms with van der Waals surface area (Å²) in [5.41, 5.74) is 3.54. The Balaban J connectivity index is 1.85. The minimum absolute atomic E-state index is 0.0679. The number of hydrogen-bond donors (Lipinski definition) is 0. The fraction of sp³-hybridized carbons (Fsp3) is 0.842. The van der Waals surface area contributed by atoms with Crippen molar-refractivity contribution >= 4 is 5.97 Å². The number of methoxy groups -OCH3 is 1. The first-order chi connectivity index (χ1) is 10.3. The van der Waals surface area contributed by atoms with Crippen LogP contribution in [0.1, 0.15) is 96.8 Å². The van der Waals surface area contributed by atoms with Gasteiger partial charge in [-0.1, -0.05) is 63.0 Å². The molecule has 0 aromatic carbocycles. The Kier molecular flexibility index (Phi) is 10.3. The van der Waals surface area contributed by atoms with Crippen LogP contribution in [0.3, 0.4) is 0 Å². The van der Waals surface area contributed by atoms with Crippen molar-refractivity contribution in [3.05, 3.63) is 11.1 Å². The largest absolute Gasteiger partial charge is 0.469 e. The van der Waals surface area contributed by atoms with Crippen LogP contribution in [0.25, 0.3) is 0 Å². The maximum Gasteiger partial charge on any atom is 0.305 e. The van der Waals surface area contributed by atoms with E-state index in [0.717, 1.165) is 6.42 Å². The Morgan fingerprint density at radius 3 is 1.95 bits per heavy atom. The molecule has 0 bridgehead atoms. The topological polar surface area (TPSA) is 26.3 Å². The summed E-state index contributed by atoms with van der Waals surface area (Å²) in [6.45, 7) is 2.27. The van der Waals surface area contributed by atoms with Gasteiger partial charge in [-0.05, 0) is 38.5 Å². The number of esters is 1. The van der Waals surface area contributed by atoms with Crippen molar-refractivity contribution in [3.63, 3.8) is 0 Å². The van der Waals surface area contributed by atoms with Crippen molar-refractivity contribution in [2.75, 3.05) is 7.11 Å². The molecule has 0 saturated carbocycles. The third-order valence-corrected chi connectivity index (χ3v) is 4.47. The summed E-state index contributed by atoms with van der Waals surface area (Å²) in [5, 5.41) is 0. The number of rotatable bonds is 14. The Morgan fingerprint density at radius 2 is 1.38 bits per heavy atom. The first kappa shape index (κ1) is 18.3. The predicted molar refractivity (Wildman–Crippen MR) is 89.4 cm³/mol. The quantitative estimate of drug-likeness (QED) is 0.225. The van der Waals surface area contributed by atoms with Crippen LogP contribution in [0.4, 0.5) is 0 Å². The molecule has 0 atom stereocenters. The van der Waals surface area contributed by atoms with Crippen molar-refractivity contribution in [2.45, 2.75) is 96.8 Å². The highest BCUT2D eigenvalue weighted by Crippen LogP contribution is 2.38. The number of carbonyl (C=O) groups is 1. The first-order valence-corrected chi connectivity index (χ1v) is 9.04. The zero-order chi connectivity index (χ0) is 15.3. The lowest BCUT2D eigenvalue weighted by Crippen LogP contribution is -1.99. The van der Waals surface area contributed by atoms with Gasteiger partial charge in [0.05, 0.1) is 7.11 Å². The second-order valence-electron chi connectivity index (χ2n) is 6.39. The summed E-state index contributed by atoms with van der Waals surface area (Å²) in [7, 11) is 1.47. The van der Waals surface area contributed by atoms with Crippen LogP contribution in [-0.2, 0) is 9.53 Å². The van der Waals surface area contributed by atoms with E-state index in [1.807, 2.05) is 0 Å². The van der Waals surface area contributed by atoms with E-state index in [9.17, 15) is 4.79 Å². The van der Waals surface area contributed by atoms with E-state index in [1.54, 1.807) is 11.1 Å². The van der Waals surface area contributed by atoms with Crippen LogP contribution in [0.15, 0.2) is 11.1 Å². The smallest absolute Gasteiger partial charge is 0.305 e. The van der Waals surface area contributed by atoms with Crippen LogP contribution in [0, 0.1) is 0 Å². The molecule has 122 valence electrons. The molecule has 0 N–H and O–H groups in total. The van der Waals surface area contributed by atoms with Gasteiger partial charge in [0.1, 0.15) is 0 Å². The number of unbranched alkanes of at least 4 members (excludes halogenated alkanes) is 8. The lowest BCUT2D eigenvalue weighted by Gasteiger charge is -2.00. The molecule has 2 nitrogen and oxygen atoms in total. The highest BCUT2D eigenvalue weighted by Gasteiger charge is 2.19. The molecule has 1 aliphatic rings. The number of hydrogen-bond acceptors (Lipinski definition) is 2. The maximum absolute atomic E-state index is 11.0.